The number of carbonyl (C=O) groups excluding carboxylic acids is 1. The molecule has 2 saturated heterocycles. The summed E-state index contributed by atoms with van der Waals surface area (Å²) in [6, 6.07) is 0.256. The molecule has 0 radical (unpaired) electrons. The average molecular weight is 332 g/mol. The van der Waals surface area contributed by atoms with E-state index in [0.717, 1.165) is 12.2 Å². The molecule has 9 nitrogen and oxygen atoms in total. The fourth-order valence-corrected chi connectivity index (χ4v) is 3.77. The standard InChI is InChI=1S/C10H15N3O3S.C2H5NO2/c11-5(9(14)15)2-1-3-7-8-6(4-17-7)12-10(16)13-8;3-1-2(4)5/h6-8,11H,1-4H2,(H,14,15)(H2,12,13,16);1,3H2,(H,4,5)/t6-,7-,8-;/m0./s1. The van der Waals surface area contributed by atoms with Crippen LogP contribution >= 0.6 is 11.8 Å². The second kappa shape index (κ2) is 8.59. The van der Waals surface area contributed by atoms with Crippen molar-refractivity contribution in [2.45, 2.75) is 36.6 Å². The van der Waals surface area contributed by atoms with Gasteiger partial charge in [-0.25, -0.2) is 9.59 Å². The minimum absolute atomic E-state index is 0.108. The zero-order valence-electron chi connectivity index (χ0n) is 11.9. The lowest BCUT2D eigenvalue weighted by Crippen LogP contribution is -2.36. The van der Waals surface area contributed by atoms with Crippen molar-refractivity contribution in [2.75, 3.05) is 12.3 Å². The molecule has 124 valence electrons. The molecule has 0 aromatic rings. The van der Waals surface area contributed by atoms with Gasteiger partial charge in [-0.05, 0) is 19.3 Å². The molecule has 0 aromatic carbocycles. The summed E-state index contributed by atoms with van der Waals surface area (Å²) in [5, 5.41) is 29.4. The Balaban J connectivity index is 0.000000422. The number of aliphatic carboxylic acids is 2. The van der Waals surface area contributed by atoms with Crippen molar-refractivity contribution in [1.29, 1.82) is 5.41 Å². The molecule has 0 bridgehead atoms. The van der Waals surface area contributed by atoms with Crippen molar-refractivity contribution in [3.05, 3.63) is 0 Å². The zero-order chi connectivity index (χ0) is 16.7. The lowest BCUT2D eigenvalue weighted by atomic mass is 10.0. The lowest BCUT2D eigenvalue weighted by molar-refractivity contribution is -0.135. The Labute approximate surface area is 131 Å². The SMILES string of the molecule is N=C(CCC[C@@H]1SC[C@@H]2NC(=O)N[C@@H]21)C(=O)O.NCC(=O)O. The molecule has 0 aliphatic carbocycles. The van der Waals surface area contributed by atoms with E-state index in [4.69, 9.17) is 15.6 Å². The van der Waals surface area contributed by atoms with Gasteiger partial charge in [0.25, 0.3) is 0 Å². The molecule has 2 rings (SSSR count). The van der Waals surface area contributed by atoms with Crippen LogP contribution in [0.1, 0.15) is 19.3 Å². The van der Waals surface area contributed by atoms with Gasteiger partial charge in [-0.15, -0.1) is 0 Å². The van der Waals surface area contributed by atoms with E-state index in [1.807, 2.05) is 0 Å². The van der Waals surface area contributed by atoms with E-state index in [2.05, 4.69) is 16.4 Å². The fraction of sp³-hybridized carbons (Fsp3) is 0.667. The van der Waals surface area contributed by atoms with E-state index in [1.165, 1.54) is 0 Å². The number of rotatable bonds is 6. The number of amides is 2. The van der Waals surface area contributed by atoms with Gasteiger partial charge in [0.2, 0.25) is 0 Å². The van der Waals surface area contributed by atoms with Gasteiger partial charge in [-0.1, -0.05) is 0 Å². The quantitative estimate of drug-likeness (QED) is 0.280. The van der Waals surface area contributed by atoms with Crippen molar-refractivity contribution in [3.8, 4) is 0 Å². The number of carboxylic acid groups (broad SMARTS) is 2. The van der Waals surface area contributed by atoms with Crippen LogP contribution < -0.4 is 16.4 Å². The summed E-state index contributed by atoms with van der Waals surface area (Å²) in [4.78, 5) is 30.8. The highest BCUT2D eigenvalue weighted by Gasteiger charge is 2.42. The Hall–Kier alpha value is -1.81. The van der Waals surface area contributed by atoms with Crippen molar-refractivity contribution in [2.24, 2.45) is 5.73 Å². The molecule has 0 aromatic heterocycles. The average Bonchev–Trinajstić information content (AvgIpc) is 2.99. The summed E-state index contributed by atoms with van der Waals surface area (Å²) < 4.78 is 0. The Morgan fingerprint density at radius 3 is 2.55 bits per heavy atom. The molecule has 3 atom stereocenters. The second-order valence-electron chi connectivity index (χ2n) is 4.90. The summed E-state index contributed by atoms with van der Waals surface area (Å²) in [6.45, 7) is -0.278. The van der Waals surface area contributed by atoms with Crippen LogP contribution in [0, 0.1) is 5.41 Å². The van der Waals surface area contributed by atoms with Crippen molar-refractivity contribution in [3.63, 3.8) is 0 Å². The molecule has 0 unspecified atom stereocenters. The normalized spacial score (nSPS) is 25.3. The smallest absolute Gasteiger partial charge is 0.349 e. The van der Waals surface area contributed by atoms with Crippen LogP contribution in [0.4, 0.5) is 4.79 Å². The highest BCUT2D eigenvalue weighted by Crippen LogP contribution is 2.32. The summed E-state index contributed by atoms with van der Waals surface area (Å²) in [5.74, 6) is -1.20. The van der Waals surface area contributed by atoms with E-state index < -0.39 is 11.9 Å². The van der Waals surface area contributed by atoms with Crippen LogP contribution in [-0.2, 0) is 9.59 Å². The Morgan fingerprint density at radius 2 is 2.00 bits per heavy atom. The maximum atomic E-state index is 11.1. The van der Waals surface area contributed by atoms with Crippen molar-refractivity contribution in [1.82, 2.24) is 10.6 Å². The third kappa shape index (κ3) is 5.53. The number of nitrogens with two attached hydrogens (primary N) is 1. The summed E-state index contributed by atoms with van der Waals surface area (Å²) in [5.41, 5.74) is 4.33. The molecule has 2 heterocycles. The predicted molar refractivity (Wildman–Crippen MR) is 81.4 cm³/mol. The van der Waals surface area contributed by atoms with Gasteiger partial charge in [-0.2, -0.15) is 11.8 Å². The van der Waals surface area contributed by atoms with E-state index in [-0.39, 0.29) is 30.4 Å². The highest BCUT2D eigenvalue weighted by molar-refractivity contribution is 8.00. The summed E-state index contributed by atoms with van der Waals surface area (Å²) in [7, 11) is 0. The largest absolute Gasteiger partial charge is 0.480 e. The number of nitrogens with one attached hydrogen (secondary N) is 3. The van der Waals surface area contributed by atoms with Crippen LogP contribution in [0.25, 0.3) is 0 Å². The molecule has 2 amide bonds. The molecule has 0 saturated carbocycles. The first-order valence-electron chi connectivity index (χ1n) is 6.76. The van der Waals surface area contributed by atoms with E-state index in [0.29, 0.717) is 18.1 Å². The van der Waals surface area contributed by atoms with Crippen LogP contribution in [-0.4, -0.2) is 63.5 Å². The third-order valence-electron chi connectivity index (χ3n) is 3.29. The van der Waals surface area contributed by atoms with Gasteiger partial charge in [-0.3, -0.25) is 10.2 Å². The first kappa shape index (κ1) is 18.2. The minimum atomic E-state index is -1.14. The van der Waals surface area contributed by atoms with Crippen LogP contribution in [0.3, 0.4) is 0 Å². The van der Waals surface area contributed by atoms with E-state index >= 15 is 0 Å². The van der Waals surface area contributed by atoms with Gasteiger partial charge in [0.05, 0.1) is 18.6 Å². The van der Waals surface area contributed by atoms with Gasteiger partial charge in [0, 0.05) is 11.0 Å². The predicted octanol–water partition coefficient (Wildman–Crippen LogP) is -0.544. The third-order valence-corrected chi connectivity index (χ3v) is 4.79. The van der Waals surface area contributed by atoms with Gasteiger partial charge < -0.3 is 26.6 Å². The molecule has 2 aliphatic heterocycles. The monoisotopic (exact) mass is 332 g/mol. The number of carbonyl (C=O) groups is 3. The number of hydrogen-bond acceptors (Lipinski definition) is 6. The molecule has 0 spiro atoms. The minimum Gasteiger partial charge on any atom is -0.480 e. The molecular formula is C12H20N4O5S. The molecule has 2 aliphatic rings. The second-order valence-corrected chi connectivity index (χ2v) is 6.17. The molecule has 22 heavy (non-hydrogen) atoms. The fourth-order valence-electron chi connectivity index (χ4n) is 2.23. The summed E-state index contributed by atoms with van der Waals surface area (Å²) >= 11 is 1.80. The molecule has 10 heteroatoms. The van der Waals surface area contributed by atoms with Gasteiger partial charge >= 0.3 is 18.0 Å². The highest BCUT2D eigenvalue weighted by atomic mass is 32.2. The summed E-state index contributed by atoms with van der Waals surface area (Å²) in [6.07, 6.45) is 1.82. The van der Waals surface area contributed by atoms with Gasteiger partial charge in [0.15, 0.2) is 0 Å². The number of hydrogen-bond donors (Lipinski definition) is 6. The Bertz CT molecular complexity index is 459. The lowest BCUT2D eigenvalue weighted by Gasteiger charge is -2.16. The molecule has 7 N–H and O–H groups in total. The number of fused-ring (bicyclic) bond motifs is 1. The van der Waals surface area contributed by atoms with Crippen LogP contribution in [0.5, 0.6) is 0 Å². The Morgan fingerprint density at radius 1 is 1.36 bits per heavy atom. The topological polar surface area (TPSA) is 166 Å². The first-order valence-corrected chi connectivity index (χ1v) is 7.81. The molecular weight excluding hydrogens is 312 g/mol. The maximum Gasteiger partial charge on any atom is 0.349 e. The Kier molecular flexibility index (Phi) is 7.12. The number of carboxylic acids is 2. The molecule has 2 fully saturated rings. The van der Waals surface area contributed by atoms with Crippen LogP contribution in [0.2, 0.25) is 0 Å². The van der Waals surface area contributed by atoms with Crippen molar-refractivity contribution < 1.29 is 24.6 Å². The van der Waals surface area contributed by atoms with Gasteiger partial charge in [0.1, 0.15) is 5.71 Å². The first-order chi connectivity index (χ1) is 10.3. The van der Waals surface area contributed by atoms with Crippen LogP contribution in [0.15, 0.2) is 0 Å². The zero-order valence-corrected chi connectivity index (χ0v) is 12.7. The number of urea groups is 1. The number of thioether (sulfide) groups is 1. The van der Waals surface area contributed by atoms with E-state index in [9.17, 15) is 14.4 Å². The maximum absolute atomic E-state index is 11.1. The van der Waals surface area contributed by atoms with E-state index in [1.54, 1.807) is 11.8 Å². The van der Waals surface area contributed by atoms with Crippen molar-refractivity contribution >= 4 is 35.4 Å².